The number of carbonyl (C=O) groups is 1. The molecule has 0 aliphatic carbocycles. The van der Waals surface area contributed by atoms with E-state index in [0.717, 1.165) is 17.2 Å². The van der Waals surface area contributed by atoms with E-state index < -0.39 is 39.3 Å². The van der Waals surface area contributed by atoms with Crippen molar-refractivity contribution >= 4 is 15.9 Å². The van der Waals surface area contributed by atoms with Gasteiger partial charge in [-0.2, -0.15) is 0 Å². The third-order valence-electron chi connectivity index (χ3n) is 7.21. The van der Waals surface area contributed by atoms with E-state index in [9.17, 15) is 27.1 Å². The minimum Gasteiger partial charge on any atom is -0.390 e. The molecule has 3 rings (SSSR count). The summed E-state index contributed by atoms with van der Waals surface area (Å²) in [6.45, 7) is 8.39. The largest absolute Gasteiger partial charge is 0.390 e. The van der Waals surface area contributed by atoms with Crippen molar-refractivity contribution in [2.75, 3.05) is 25.9 Å². The Morgan fingerprint density at radius 1 is 1.11 bits per heavy atom. The molecule has 0 radical (unpaired) electrons. The lowest BCUT2D eigenvalue weighted by Crippen LogP contribution is -2.56. The lowest BCUT2D eigenvalue weighted by Gasteiger charge is -2.43. The maximum absolute atomic E-state index is 13.8. The van der Waals surface area contributed by atoms with Crippen LogP contribution in [0.1, 0.15) is 57.2 Å². The molecule has 1 amide bonds. The minimum atomic E-state index is -3.34. The van der Waals surface area contributed by atoms with E-state index in [2.05, 4.69) is 43.5 Å². The van der Waals surface area contributed by atoms with Crippen LogP contribution >= 0.6 is 0 Å². The Hall–Kier alpha value is -2.40. The number of rotatable bonds is 9. The highest BCUT2D eigenvalue weighted by Gasteiger charge is 2.39. The molecule has 1 heterocycles. The number of halogens is 2. The predicted octanol–water partition coefficient (Wildman–Crippen LogP) is 3.21. The van der Waals surface area contributed by atoms with Gasteiger partial charge in [0.25, 0.3) is 0 Å². The van der Waals surface area contributed by atoms with Crippen LogP contribution in [0, 0.1) is 11.6 Å². The highest BCUT2D eigenvalue weighted by atomic mass is 32.2. The smallest absolute Gasteiger partial charge is 0.217 e. The van der Waals surface area contributed by atoms with Gasteiger partial charge in [0.1, 0.15) is 11.6 Å². The molecule has 1 aliphatic rings. The Morgan fingerprint density at radius 3 is 2.24 bits per heavy atom. The molecule has 0 unspecified atom stereocenters. The molecule has 210 valence electrons. The fourth-order valence-corrected chi connectivity index (χ4v) is 5.87. The summed E-state index contributed by atoms with van der Waals surface area (Å²) in [5.41, 5.74) is 1.73. The van der Waals surface area contributed by atoms with Gasteiger partial charge in [0.2, 0.25) is 15.9 Å². The first-order chi connectivity index (χ1) is 17.6. The van der Waals surface area contributed by atoms with E-state index in [4.69, 9.17) is 0 Å². The van der Waals surface area contributed by atoms with E-state index in [-0.39, 0.29) is 24.3 Å². The van der Waals surface area contributed by atoms with Crippen LogP contribution in [-0.2, 0) is 32.2 Å². The van der Waals surface area contributed by atoms with Crippen LogP contribution in [0.5, 0.6) is 0 Å². The van der Waals surface area contributed by atoms with Crippen LogP contribution in [0.4, 0.5) is 8.78 Å². The van der Waals surface area contributed by atoms with Crippen molar-refractivity contribution in [1.29, 1.82) is 0 Å². The van der Waals surface area contributed by atoms with Gasteiger partial charge in [0, 0.05) is 38.2 Å². The molecule has 0 spiro atoms. The van der Waals surface area contributed by atoms with Gasteiger partial charge in [-0.1, -0.05) is 45.0 Å². The zero-order valence-corrected chi connectivity index (χ0v) is 23.5. The van der Waals surface area contributed by atoms with E-state index in [1.165, 1.54) is 29.6 Å². The maximum atomic E-state index is 13.8. The second kappa shape index (κ2) is 11.8. The molecule has 3 N–H and O–H groups in total. The number of amides is 1. The zero-order chi connectivity index (χ0) is 28.3. The fourth-order valence-electron chi connectivity index (χ4n) is 5.02. The molecule has 0 saturated carbocycles. The van der Waals surface area contributed by atoms with Crippen LogP contribution in [-0.4, -0.2) is 61.8 Å². The van der Waals surface area contributed by atoms with E-state index in [1.54, 1.807) is 0 Å². The predicted molar refractivity (Wildman–Crippen MR) is 144 cm³/mol. The molecule has 0 aromatic heterocycles. The summed E-state index contributed by atoms with van der Waals surface area (Å²) in [6.07, 6.45) is 1.12. The Labute approximate surface area is 224 Å². The third-order valence-corrected chi connectivity index (χ3v) is 8.51. The highest BCUT2D eigenvalue weighted by molar-refractivity contribution is 7.88. The number of aliphatic hydroxyl groups excluding tert-OH is 1. The quantitative estimate of drug-likeness (QED) is 0.445. The van der Waals surface area contributed by atoms with Crippen molar-refractivity contribution < 1.29 is 27.1 Å². The summed E-state index contributed by atoms with van der Waals surface area (Å²) in [6, 6.07) is 10.5. The number of hydrogen-bond acceptors (Lipinski definition) is 5. The maximum Gasteiger partial charge on any atom is 0.217 e. The number of piperidine rings is 1. The molecule has 38 heavy (non-hydrogen) atoms. The van der Waals surface area contributed by atoms with Gasteiger partial charge in [-0.3, -0.25) is 4.79 Å². The number of nitrogens with one attached hydrogen (secondary N) is 2. The van der Waals surface area contributed by atoms with E-state index in [1.807, 2.05) is 12.1 Å². The summed E-state index contributed by atoms with van der Waals surface area (Å²) in [4.78, 5) is 11.9. The number of carbonyl (C=O) groups excluding carboxylic acids is 1. The molecular formula is C28H39F2N3O4S. The van der Waals surface area contributed by atoms with Crippen molar-refractivity contribution in [3.8, 4) is 0 Å². The van der Waals surface area contributed by atoms with Crippen molar-refractivity contribution in [2.45, 2.75) is 70.1 Å². The van der Waals surface area contributed by atoms with Gasteiger partial charge >= 0.3 is 0 Å². The lowest BCUT2D eigenvalue weighted by atomic mass is 9.78. The average molecular weight is 552 g/mol. The average Bonchev–Trinajstić information content (AvgIpc) is 2.80. The lowest BCUT2D eigenvalue weighted by molar-refractivity contribution is -0.120. The Kier molecular flexibility index (Phi) is 9.34. The fraction of sp³-hybridized carbons (Fsp3) is 0.536. The monoisotopic (exact) mass is 551 g/mol. The number of nitrogens with zero attached hydrogens (tertiary/aromatic N) is 1. The minimum absolute atomic E-state index is 0.0332. The molecule has 1 saturated heterocycles. The molecule has 10 heteroatoms. The molecule has 2 atom stereocenters. The van der Waals surface area contributed by atoms with E-state index in [0.29, 0.717) is 31.5 Å². The standard InChI is InChI=1S/C28H39F2N3O4S/c1-19(34)32-25(15-20-13-23(29)17-24(30)14-20)26(35)18-31-28(9-11-33(12-10-28)38(5,36)37)22-8-6-7-21(16-22)27(2,3)4/h6-8,13-14,16-17,25-26,31,35H,9-12,15,18H2,1-5H3,(H,32,34)/t25-,26+/m0/s1. The van der Waals surface area contributed by atoms with Crippen molar-refractivity contribution in [2.24, 2.45) is 0 Å². The van der Waals surface area contributed by atoms with E-state index >= 15 is 0 Å². The number of hydrogen-bond donors (Lipinski definition) is 3. The molecule has 7 nitrogen and oxygen atoms in total. The Balaban J connectivity index is 1.87. The second-order valence-electron chi connectivity index (χ2n) is 11.3. The topological polar surface area (TPSA) is 98.7 Å². The molecule has 2 aromatic carbocycles. The highest BCUT2D eigenvalue weighted by Crippen LogP contribution is 2.36. The van der Waals surface area contributed by atoms with Crippen LogP contribution in [0.25, 0.3) is 0 Å². The molecular weight excluding hydrogens is 512 g/mol. The van der Waals surface area contributed by atoms with Crippen molar-refractivity contribution in [3.63, 3.8) is 0 Å². The molecule has 1 fully saturated rings. The van der Waals surface area contributed by atoms with Gasteiger partial charge < -0.3 is 15.7 Å². The Morgan fingerprint density at radius 2 is 1.71 bits per heavy atom. The summed E-state index contributed by atoms with van der Waals surface area (Å²) in [7, 11) is -3.34. The summed E-state index contributed by atoms with van der Waals surface area (Å²) < 4.78 is 53.3. The number of sulfonamides is 1. The molecule has 0 bridgehead atoms. The van der Waals surface area contributed by atoms with Crippen molar-refractivity contribution in [3.05, 3.63) is 70.8 Å². The van der Waals surface area contributed by atoms with Gasteiger partial charge in [-0.15, -0.1) is 0 Å². The van der Waals surface area contributed by atoms with Gasteiger partial charge in [0.05, 0.1) is 18.4 Å². The number of benzene rings is 2. The van der Waals surface area contributed by atoms with Crippen LogP contribution in [0.15, 0.2) is 42.5 Å². The first-order valence-electron chi connectivity index (χ1n) is 12.8. The van der Waals surface area contributed by atoms with Crippen LogP contribution in [0.2, 0.25) is 0 Å². The molecule has 1 aliphatic heterocycles. The summed E-state index contributed by atoms with van der Waals surface area (Å²) >= 11 is 0. The SMILES string of the molecule is CC(=O)N[C@@H](Cc1cc(F)cc(F)c1)[C@H](O)CNC1(c2cccc(C(C)(C)C)c2)CCN(S(C)(=O)=O)CC1. The zero-order valence-electron chi connectivity index (χ0n) is 22.7. The third kappa shape index (κ3) is 7.81. The Bertz CT molecular complexity index is 1220. The number of aliphatic hydroxyl groups is 1. The van der Waals surface area contributed by atoms with Gasteiger partial charge in [0.15, 0.2) is 0 Å². The van der Waals surface area contributed by atoms with Gasteiger partial charge in [-0.05, 0) is 53.5 Å². The summed E-state index contributed by atoms with van der Waals surface area (Å²) in [5, 5.41) is 17.3. The van der Waals surface area contributed by atoms with Gasteiger partial charge in [-0.25, -0.2) is 21.5 Å². The first-order valence-corrected chi connectivity index (χ1v) is 14.7. The van der Waals surface area contributed by atoms with Crippen LogP contribution in [0.3, 0.4) is 0 Å². The summed E-state index contributed by atoms with van der Waals surface area (Å²) in [5.74, 6) is -1.84. The van der Waals surface area contributed by atoms with Crippen molar-refractivity contribution in [1.82, 2.24) is 14.9 Å². The molecule has 2 aromatic rings. The normalized spacial score (nSPS) is 18.1. The van der Waals surface area contributed by atoms with Crippen LogP contribution < -0.4 is 10.6 Å². The first kappa shape index (κ1) is 30.1. The second-order valence-corrected chi connectivity index (χ2v) is 13.3.